The fraction of sp³-hybridized carbons (Fsp3) is 0.667. The van der Waals surface area contributed by atoms with E-state index in [1.807, 2.05) is 0 Å². The van der Waals surface area contributed by atoms with E-state index in [0.717, 1.165) is 25.7 Å². The molecule has 1 N–H and O–H groups in total. The Morgan fingerprint density at radius 2 is 2.25 bits per heavy atom. The molecule has 1 heterocycles. The van der Waals surface area contributed by atoms with Crippen molar-refractivity contribution in [3.05, 3.63) is 28.7 Å². The molecule has 0 aromatic carbocycles. The van der Waals surface area contributed by atoms with Gasteiger partial charge in [0.15, 0.2) is 0 Å². The van der Waals surface area contributed by atoms with E-state index in [1.165, 1.54) is 10.7 Å². The first kappa shape index (κ1) is 11.3. The van der Waals surface area contributed by atoms with Crippen LogP contribution < -0.4 is 5.56 Å². The number of aliphatic hydroxyl groups is 1. The molecular weight excluding hydrogens is 204 g/mol. The molecule has 0 unspecified atom stereocenters. The summed E-state index contributed by atoms with van der Waals surface area (Å²) >= 11 is 0. The summed E-state index contributed by atoms with van der Waals surface area (Å²) in [5, 5.41) is 14.3. The van der Waals surface area contributed by atoms with E-state index in [4.69, 9.17) is 0 Å². The van der Waals surface area contributed by atoms with Crippen LogP contribution in [0.1, 0.15) is 32.6 Å². The number of nitrogens with zero attached hydrogens (tertiary/aromatic N) is 2. The van der Waals surface area contributed by atoms with Crippen molar-refractivity contribution in [3.63, 3.8) is 0 Å². The third-order valence-corrected chi connectivity index (χ3v) is 3.43. The fourth-order valence-corrected chi connectivity index (χ4v) is 2.24. The first-order valence-corrected chi connectivity index (χ1v) is 5.84. The third kappa shape index (κ3) is 2.50. The van der Waals surface area contributed by atoms with Crippen molar-refractivity contribution in [2.45, 2.75) is 44.8 Å². The Morgan fingerprint density at radius 3 is 2.88 bits per heavy atom. The maximum absolute atomic E-state index is 11.5. The van der Waals surface area contributed by atoms with Gasteiger partial charge >= 0.3 is 0 Å². The van der Waals surface area contributed by atoms with Gasteiger partial charge in [-0.15, -0.1) is 0 Å². The Balaban J connectivity index is 2.10. The van der Waals surface area contributed by atoms with Gasteiger partial charge in [0.25, 0.3) is 5.56 Å². The summed E-state index contributed by atoms with van der Waals surface area (Å²) in [6.07, 6.45) is 5.15. The highest BCUT2D eigenvalue weighted by molar-refractivity contribution is 4.89. The summed E-state index contributed by atoms with van der Waals surface area (Å²) in [5.41, 5.74) is -0.889. The van der Waals surface area contributed by atoms with E-state index >= 15 is 0 Å². The van der Waals surface area contributed by atoms with Crippen molar-refractivity contribution in [2.75, 3.05) is 0 Å². The zero-order chi connectivity index (χ0) is 11.6. The van der Waals surface area contributed by atoms with Crippen molar-refractivity contribution in [3.8, 4) is 0 Å². The Hall–Kier alpha value is -1.16. The molecule has 0 spiro atoms. The summed E-state index contributed by atoms with van der Waals surface area (Å²) in [4.78, 5) is 11.5. The standard InChI is InChI=1S/C12H18N2O2/c1-10-4-6-12(16,7-5-10)9-14-11(15)3-2-8-13-14/h2-3,8,10,16H,4-7,9H2,1H3. The Bertz CT molecular complexity index is 405. The fourth-order valence-electron chi connectivity index (χ4n) is 2.24. The van der Waals surface area contributed by atoms with Gasteiger partial charge in [-0.1, -0.05) is 6.92 Å². The van der Waals surface area contributed by atoms with Crippen LogP contribution >= 0.6 is 0 Å². The molecule has 1 aliphatic carbocycles. The minimum atomic E-state index is -0.745. The maximum atomic E-state index is 11.5. The van der Waals surface area contributed by atoms with Gasteiger partial charge in [-0.05, 0) is 37.7 Å². The number of hydrogen-bond donors (Lipinski definition) is 1. The van der Waals surface area contributed by atoms with Crippen LogP contribution in [0.3, 0.4) is 0 Å². The molecule has 1 aromatic heterocycles. The van der Waals surface area contributed by atoms with E-state index in [-0.39, 0.29) is 5.56 Å². The van der Waals surface area contributed by atoms with Gasteiger partial charge in [0, 0.05) is 12.3 Å². The molecule has 1 saturated carbocycles. The first-order chi connectivity index (χ1) is 7.59. The molecule has 1 fully saturated rings. The van der Waals surface area contributed by atoms with Gasteiger partial charge in [-0.25, -0.2) is 4.68 Å². The smallest absolute Gasteiger partial charge is 0.266 e. The van der Waals surface area contributed by atoms with Crippen LogP contribution in [-0.4, -0.2) is 20.5 Å². The molecule has 4 heteroatoms. The summed E-state index contributed by atoms with van der Waals surface area (Å²) in [5.74, 6) is 0.681. The molecule has 4 nitrogen and oxygen atoms in total. The van der Waals surface area contributed by atoms with Gasteiger partial charge < -0.3 is 5.11 Å². The summed E-state index contributed by atoms with van der Waals surface area (Å²) in [7, 11) is 0. The van der Waals surface area contributed by atoms with Crippen molar-refractivity contribution in [1.82, 2.24) is 9.78 Å². The predicted molar refractivity (Wildman–Crippen MR) is 61.1 cm³/mol. The highest BCUT2D eigenvalue weighted by Gasteiger charge is 2.32. The van der Waals surface area contributed by atoms with Crippen molar-refractivity contribution < 1.29 is 5.11 Å². The number of hydrogen-bond acceptors (Lipinski definition) is 3. The zero-order valence-corrected chi connectivity index (χ0v) is 9.59. The van der Waals surface area contributed by atoms with Gasteiger partial charge in [0.1, 0.15) is 0 Å². The van der Waals surface area contributed by atoms with Crippen molar-refractivity contribution >= 4 is 0 Å². The molecule has 16 heavy (non-hydrogen) atoms. The minimum Gasteiger partial charge on any atom is -0.388 e. The van der Waals surface area contributed by atoms with Gasteiger partial charge in [0.05, 0.1) is 12.1 Å². The van der Waals surface area contributed by atoms with Gasteiger partial charge in [-0.2, -0.15) is 5.10 Å². The topological polar surface area (TPSA) is 55.1 Å². The molecule has 1 aliphatic rings. The van der Waals surface area contributed by atoms with Gasteiger partial charge in [-0.3, -0.25) is 4.79 Å². The molecule has 0 bridgehead atoms. The lowest BCUT2D eigenvalue weighted by Crippen LogP contribution is -2.41. The maximum Gasteiger partial charge on any atom is 0.266 e. The molecule has 0 saturated heterocycles. The molecular formula is C12H18N2O2. The number of rotatable bonds is 2. The van der Waals surface area contributed by atoms with Gasteiger partial charge in [0.2, 0.25) is 0 Å². The van der Waals surface area contributed by atoms with Crippen LogP contribution in [0.25, 0.3) is 0 Å². The second kappa shape index (κ2) is 4.37. The average Bonchev–Trinajstić information content (AvgIpc) is 2.27. The molecule has 1 aromatic rings. The lowest BCUT2D eigenvalue weighted by atomic mass is 9.79. The quantitative estimate of drug-likeness (QED) is 0.817. The van der Waals surface area contributed by atoms with E-state index in [1.54, 1.807) is 12.3 Å². The van der Waals surface area contributed by atoms with Crippen LogP contribution in [-0.2, 0) is 6.54 Å². The van der Waals surface area contributed by atoms with Crippen LogP contribution in [0.15, 0.2) is 23.1 Å². The summed E-state index contributed by atoms with van der Waals surface area (Å²) < 4.78 is 1.36. The van der Waals surface area contributed by atoms with Crippen molar-refractivity contribution in [1.29, 1.82) is 0 Å². The van der Waals surface area contributed by atoms with Crippen LogP contribution in [0, 0.1) is 5.92 Å². The first-order valence-electron chi connectivity index (χ1n) is 5.84. The lowest BCUT2D eigenvalue weighted by molar-refractivity contribution is -0.0254. The van der Waals surface area contributed by atoms with Crippen LogP contribution in [0.2, 0.25) is 0 Å². The number of aromatic nitrogens is 2. The lowest BCUT2D eigenvalue weighted by Gasteiger charge is -2.34. The second-order valence-electron chi connectivity index (χ2n) is 4.93. The van der Waals surface area contributed by atoms with Crippen molar-refractivity contribution in [2.24, 2.45) is 5.92 Å². The Labute approximate surface area is 94.9 Å². The molecule has 0 radical (unpaired) electrons. The van der Waals surface area contributed by atoms with Crippen LogP contribution in [0.5, 0.6) is 0 Å². The largest absolute Gasteiger partial charge is 0.388 e. The molecule has 0 atom stereocenters. The summed E-state index contributed by atoms with van der Waals surface area (Å²) in [6.45, 7) is 2.52. The third-order valence-electron chi connectivity index (χ3n) is 3.43. The minimum absolute atomic E-state index is 0.144. The Morgan fingerprint density at radius 1 is 1.56 bits per heavy atom. The molecule has 2 rings (SSSR count). The van der Waals surface area contributed by atoms with Crippen LogP contribution in [0.4, 0.5) is 0 Å². The summed E-state index contributed by atoms with van der Waals surface area (Å²) in [6, 6.07) is 3.09. The molecule has 88 valence electrons. The molecule has 0 amide bonds. The predicted octanol–water partition coefficient (Wildman–Crippen LogP) is 1.18. The monoisotopic (exact) mass is 222 g/mol. The second-order valence-corrected chi connectivity index (χ2v) is 4.93. The Kier molecular flexibility index (Phi) is 3.10. The SMILES string of the molecule is CC1CCC(O)(Cn2ncccc2=O)CC1. The highest BCUT2D eigenvalue weighted by Crippen LogP contribution is 2.32. The van der Waals surface area contributed by atoms with E-state index in [0.29, 0.717) is 12.5 Å². The van der Waals surface area contributed by atoms with E-state index in [9.17, 15) is 9.90 Å². The van der Waals surface area contributed by atoms with E-state index < -0.39 is 5.60 Å². The van der Waals surface area contributed by atoms with E-state index in [2.05, 4.69) is 12.0 Å². The highest BCUT2D eigenvalue weighted by atomic mass is 16.3. The molecule has 0 aliphatic heterocycles. The average molecular weight is 222 g/mol. The zero-order valence-electron chi connectivity index (χ0n) is 9.59. The normalized spacial score (nSPS) is 30.2.